The van der Waals surface area contributed by atoms with Crippen LogP contribution in [0.3, 0.4) is 0 Å². The Labute approximate surface area is 119 Å². The van der Waals surface area contributed by atoms with Crippen LogP contribution in [0.5, 0.6) is 5.75 Å². The second-order valence-corrected chi connectivity index (χ2v) is 5.06. The first kappa shape index (κ1) is 14.6. The zero-order valence-electron chi connectivity index (χ0n) is 11.7. The van der Waals surface area contributed by atoms with Gasteiger partial charge in [0.05, 0.1) is 13.2 Å². The highest BCUT2D eigenvalue weighted by atomic mass is 16.5. The SMILES string of the molecule is COc1ccc(C(O)CNC(=O)CC2C=CCC2)cc1. The minimum Gasteiger partial charge on any atom is -0.497 e. The summed E-state index contributed by atoms with van der Waals surface area (Å²) in [5.41, 5.74) is 0.770. The van der Waals surface area contributed by atoms with Gasteiger partial charge in [0.25, 0.3) is 0 Å². The fraction of sp³-hybridized carbons (Fsp3) is 0.438. The quantitative estimate of drug-likeness (QED) is 0.782. The van der Waals surface area contributed by atoms with Crippen molar-refractivity contribution < 1.29 is 14.6 Å². The number of carbonyl (C=O) groups is 1. The summed E-state index contributed by atoms with van der Waals surface area (Å²) in [7, 11) is 1.60. The third-order valence-electron chi connectivity index (χ3n) is 3.55. The van der Waals surface area contributed by atoms with E-state index in [1.807, 2.05) is 0 Å². The van der Waals surface area contributed by atoms with Gasteiger partial charge in [-0.1, -0.05) is 24.3 Å². The number of allylic oxidation sites excluding steroid dienone is 2. The molecule has 0 radical (unpaired) electrons. The maximum absolute atomic E-state index is 11.8. The molecule has 108 valence electrons. The van der Waals surface area contributed by atoms with Gasteiger partial charge >= 0.3 is 0 Å². The van der Waals surface area contributed by atoms with Crippen molar-refractivity contribution in [3.8, 4) is 5.75 Å². The number of amides is 1. The van der Waals surface area contributed by atoms with Crippen molar-refractivity contribution in [1.82, 2.24) is 5.32 Å². The number of aliphatic hydroxyl groups is 1. The van der Waals surface area contributed by atoms with Gasteiger partial charge in [0.15, 0.2) is 0 Å². The van der Waals surface area contributed by atoms with Crippen LogP contribution in [-0.2, 0) is 4.79 Å². The van der Waals surface area contributed by atoms with Crippen LogP contribution in [0.1, 0.15) is 30.9 Å². The maximum atomic E-state index is 11.8. The van der Waals surface area contributed by atoms with Crippen LogP contribution in [0.4, 0.5) is 0 Å². The fourth-order valence-corrected chi connectivity index (χ4v) is 2.33. The Morgan fingerprint density at radius 3 is 2.80 bits per heavy atom. The molecule has 0 saturated heterocycles. The van der Waals surface area contributed by atoms with Gasteiger partial charge in [-0.3, -0.25) is 4.79 Å². The van der Waals surface area contributed by atoms with Gasteiger partial charge in [0.1, 0.15) is 5.75 Å². The van der Waals surface area contributed by atoms with E-state index in [0.717, 1.165) is 24.2 Å². The molecule has 0 aliphatic heterocycles. The molecule has 2 N–H and O–H groups in total. The summed E-state index contributed by atoms with van der Waals surface area (Å²) < 4.78 is 5.06. The van der Waals surface area contributed by atoms with E-state index in [-0.39, 0.29) is 12.5 Å². The molecule has 0 aromatic heterocycles. The van der Waals surface area contributed by atoms with Gasteiger partial charge in [-0.2, -0.15) is 0 Å². The second-order valence-electron chi connectivity index (χ2n) is 5.06. The number of methoxy groups -OCH3 is 1. The monoisotopic (exact) mass is 275 g/mol. The maximum Gasteiger partial charge on any atom is 0.220 e. The zero-order chi connectivity index (χ0) is 14.4. The predicted octanol–water partition coefficient (Wildman–Crippen LogP) is 2.20. The highest BCUT2D eigenvalue weighted by Crippen LogP contribution is 2.20. The summed E-state index contributed by atoms with van der Waals surface area (Å²) in [5, 5.41) is 12.8. The Kier molecular flexibility index (Phi) is 5.18. The van der Waals surface area contributed by atoms with Gasteiger partial charge in [0, 0.05) is 13.0 Å². The largest absolute Gasteiger partial charge is 0.497 e. The minimum absolute atomic E-state index is 0.00545. The van der Waals surface area contributed by atoms with Crippen molar-refractivity contribution in [2.24, 2.45) is 5.92 Å². The van der Waals surface area contributed by atoms with Crippen molar-refractivity contribution in [3.05, 3.63) is 42.0 Å². The van der Waals surface area contributed by atoms with Crippen LogP contribution in [0.15, 0.2) is 36.4 Å². The van der Waals surface area contributed by atoms with Crippen molar-refractivity contribution in [2.45, 2.75) is 25.4 Å². The highest BCUT2D eigenvalue weighted by molar-refractivity contribution is 5.76. The first-order valence-corrected chi connectivity index (χ1v) is 6.94. The van der Waals surface area contributed by atoms with E-state index in [2.05, 4.69) is 17.5 Å². The van der Waals surface area contributed by atoms with Crippen molar-refractivity contribution in [1.29, 1.82) is 0 Å². The summed E-state index contributed by atoms with van der Waals surface area (Å²) in [4.78, 5) is 11.8. The Morgan fingerprint density at radius 2 is 2.20 bits per heavy atom. The average molecular weight is 275 g/mol. The Balaban J connectivity index is 1.77. The standard InChI is InChI=1S/C16H21NO3/c1-20-14-8-6-13(7-9-14)15(18)11-17-16(19)10-12-4-2-3-5-12/h2,4,6-9,12,15,18H,3,5,10-11H2,1H3,(H,17,19). The molecule has 0 fully saturated rings. The van der Waals surface area contributed by atoms with Crippen LogP contribution in [0, 0.1) is 5.92 Å². The third-order valence-corrected chi connectivity index (χ3v) is 3.55. The first-order chi connectivity index (χ1) is 9.69. The van der Waals surface area contributed by atoms with Gasteiger partial charge in [0.2, 0.25) is 5.91 Å². The van der Waals surface area contributed by atoms with E-state index < -0.39 is 6.10 Å². The smallest absolute Gasteiger partial charge is 0.220 e. The second kappa shape index (κ2) is 7.10. The number of aliphatic hydroxyl groups excluding tert-OH is 1. The molecular weight excluding hydrogens is 254 g/mol. The van der Waals surface area contributed by atoms with Crippen LogP contribution in [0.25, 0.3) is 0 Å². The lowest BCUT2D eigenvalue weighted by molar-refractivity contribution is -0.122. The van der Waals surface area contributed by atoms with E-state index in [4.69, 9.17) is 4.74 Å². The molecule has 4 nitrogen and oxygen atoms in total. The van der Waals surface area contributed by atoms with Gasteiger partial charge < -0.3 is 15.2 Å². The molecule has 1 aliphatic carbocycles. The van der Waals surface area contributed by atoms with Gasteiger partial charge in [-0.05, 0) is 36.5 Å². The molecule has 4 heteroatoms. The van der Waals surface area contributed by atoms with Crippen LogP contribution >= 0.6 is 0 Å². The molecule has 1 amide bonds. The normalized spacial score (nSPS) is 18.8. The molecule has 0 heterocycles. The molecule has 1 aromatic carbocycles. The number of hydrogen-bond acceptors (Lipinski definition) is 3. The lowest BCUT2D eigenvalue weighted by Crippen LogP contribution is -2.29. The lowest BCUT2D eigenvalue weighted by atomic mass is 10.0. The van der Waals surface area contributed by atoms with Crippen LogP contribution < -0.4 is 10.1 Å². The van der Waals surface area contributed by atoms with Crippen molar-refractivity contribution in [3.63, 3.8) is 0 Å². The number of nitrogens with one attached hydrogen (secondary N) is 1. The topological polar surface area (TPSA) is 58.6 Å². The fourth-order valence-electron chi connectivity index (χ4n) is 2.33. The van der Waals surface area contributed by atoms with E-state index in [9.17, 15) is 9.90 Å². The minimum atomic E-state index is -0.691. The molecule has 1 aromatic rings. The van der Waals surface area contributed by atoms with Crippen LogP contribution in [0.2, 0.25) is 0 Å². The molecule has 0 saturated carbocycles. The Hall–Kier alpha value is -1.81. The Bertz CT molecular complexity index is 467. The number of benzene rings is 1. The molecular formula is C16H21NO3. The number of carbonyl (C=O) groups excluding carboxylic acids is 1. The molecule has 0 bridgehead atoms. The van der Waals surface area contributed by atoms with Gasteiger partial charge in [-0.15, -0.1) is 0 Å². The molecule has 2 atom stereocenters. The van der Waals surface area contributed by atoms with E-state index >= 15 is 0 Å². The average Bonchev–Trinajstić information content (AvgIpc) is 2.97. The summed E-state index contributed by atoms with van der Waals surface area (Å²) in [6.45, 7) is 0.238. The number of hydrogen-bond donors (Lipinski definition) is 2. The summed E-state index contributed by atoms with van der Waals surface area (Å²) >= 11 is 0. The third kappa shape index (κ3) is 4.10. The molecule has 20 heavy (non-hydrogen) atoms. The van der Waals surface area contributed by atoms with Crippen LogP contribution in [-0.4, -0.2) is 24.7 Å². The summed E-state index contributed by atoms with van der Waals surface area (Å²) in [5.74, 6) is 1.10. The first-order valence-electron chi connectivity index (χ1n) is 6.94. The summed E-state index contributed by atoms with van der Waals surface area (Å²) in [6.07, 6.45) is 6.14. The molecule has 1 aliphatic rings. The van der Waals surface area contributed by atoms with Crippen molar-refractivity contribution in [2.75, 3.05) is 13.7 Å². The Morgan fingerprint density at radius 1 is 1.45 bits per heavy atom. The highest BCUT2D eigenvalue weighted by Gasteiger charge is 2.15. The summed E-state index contributed by atoms with van der Waals surface area (Å²) in [6, 6.07) is 7.19. The van der Waals surface area contributed by atoms with E-state index in [1.165, 1.54) is 0 Å². The number of ether oxygens (including phenoxy) is 1. The van der Waals surface area contributed by atoms with E-state index in [1.54, 1.807) is 31.4 Å². The number of rotatable bonds is 6. The lowest BCUT2D eigenvalue weighted by Gasteiger charge is -2.14. The molecule has 2 rings (SSSR count). The zero-order valence-corrected chi connectivity index (χ0v) is 11.7. The predicted molar refractivity (Wildman–Crippen MR) is 77.4 cm³/mol. The molecule has 0 spiro atoms. The van der Waals surface area contributed by atoms with Crippen molar-refractivity contribution >= 4 is 5.91 Å². The molecule has 2 unspecified atom stereocenters. The van der Waals surface area contributed by atoms with Gasteiger partial charge in [-0.25, -0.2) is 0 Å². The van der Waals surface area contributed by atoms with E-state index in [0.29, 0.717) is 12.3 Å².